The molecule has 2 atom stereocenters. The predicted molar refractivity (Wildman–Crippen MR) is 72.8 cm³/mol. The normalized spacial score (nSPS) is 27.9. The Bertz CT molecular complexity index is 343. The van der Waals surface area contributed by atoms with Crippen molar-refractivity contribution in [1.82, 2.24) is 5.32 Å². The number of rotatable bonds is 3. The molecule has 2 nitrogen and oxygen atoms in total. The van der Waals surface area contributed by atoms with Crippen molar-refractivity contribution in [1.29, 1.82) is 0 Å². The summed E-state index contributed by atoms with van der Waals surface area (Å²) in [7, 11) is 0. The molecule has 1 saturated heterocycles. The van der Waals surface area contributed by atoms with Crippen LogP contribution in [0.2, 0.25) is 0 Å². The van der Waals surface area contributed by atoms with Crippen LogP contribution in [-0.4, -0.2) is 12.6 Å². The van der Waals surface area contributed by atoms with Gasteiger partial charge < -0.3 is 11.1 Å². The van der Waals surface area contributed by atoms with Crippen molar-refractivity contribution in [3.63, 3.8) is 0 Å². The molecule has 0 radical (unpaired) electrons. The summed E-state index contributed by atoms with van der Waals surface area (Å²) in [5.74, 6) is 0. The van der Waals surface area contributed by atoms with E-state index >= 15 is 0 Å². The molecule has 94 valence electrons. The van der Waals surface area contributed by atoms with Crippen LogP contribution in [0.5, 0.6) is 0 Å². The van der Waals surface area contributed by atoms with E-state index < -0.39 is 0 Å². The molecule has 0 spiro atoms. The van der Waals surface area contributed by atoms with Crippen molar-refractivity contribution in [3.8, 4) is 0 Å². The van der Waals surface area contributed by atoms with Gasteiger partial charge in [0.15, 0.2) is 0 Å². The Morgan fingerprint density at radius 1 is 1.24 bits per heavy atom. The van der Waals surface area contributed by atoms with E-state index in [1.807, 2.05) is 0 Å². The van der Waals surface area contributed by atoms with Gasteiger partial charge in [0.05, 0.1) is 0 Å². The van der Waals surface area contributed by atoms with E-state index in [-0.39, 0.29) is 6.04 Å². The summed E-state index contributed by atoms with van der Waals surface area (Å²) in [6.45, 7) is 5.65. The van der Waals surface area contributed by atoms with Crippen molar-refractivity contribution in [2.24, 2.45) is 11.1 Å². The fraction of sp³-hybridized carbons (Fsp3) is 0.600. The van der Waals surface area contributed by atoms with Gasteiger partial charge in [0.1, 0.15) is 0 Å². The number of piperidine rings is 1. The zero-order valence-corrected chi connectivity index (χ0v) is 10.9. The van der Waals surface area contributed by atoms with Crippen LogP contribution in [0.4, 0.5) is 0 Å². The molecule has 2 rings (SSSR count). The smallest absolute Gasteiger partial charge is 0.0474 e. The highest BCUT2D eigenvalue weighted by Gasteiger charge is 2.37. The van der Waals surface area contributed by atoms with E-state index in [1.54, 1.807) is 0 Å². The van der Waals surface area contributed by atoms with Crippen molar-refractivity contribution in [2.75, 3.05) is 6.54 Å². The third-order valence-corrected chi connectivity index (χ3v) is 4.45. The highest BCUT2D eigenvalue weighted by Crippen LogP contribution is 2.38. The SMILES string of the molecule is CCC1(CC)CNC(c2ccccc2)C(N)C1. The Kier molecular flexibility index (Phi) is 3.85. The molecule has 0 aromatic heterocycles. The van der Waals surface area contributed by atoms with Crippen molar-refractivity contribution in [2.45, 2.75) is 45.2 Å². The topological polar surface area (TPSA) is 38.0 Å². The van der Waals surface area contributed by atoms with Gasteiger partial charge in [0, 0.05) is 18.6 Å². The van der Waals surface area contributed by atoms with Crippen LogP contribution in [0, 0.1) is 5.41 Å². The third kappa shape index (κ3) is 2.53. The van der Waals surface area contributed by atoms with Crippen LogP contribution in [0.1, 0.15) is 44.7 Å². The molecule has 0 saturated carbocycles. The molecule has 0 amide bonds. The predicted octanol–water partition coefficient (Wildman–Crippen LogP) is 2.85. The Labute approximate surface area is 105 Å². The molecule has 0 bridgehead atoms. The first-order chi connectivity index (χ1) is 8.21. The lowest BCUT2D eigenvalue weighted by molar-refractivity contribution is 0.143. The maximum Gasteiger partial charge on any atom is 0.0474 e. The van der Waals surface area contributed by atoms with Crippen LogP contribution in [0.3, 0.4) is 0 Å². The maximum absolute atomic E-state index is 6.38. The summed E-state index contributed by atoms with van der Waals surface area (Å²) in [6.07, 6.45) is 3.56. The van der Waals surface area contributed by atoms with Crippen molar-refractivity contribution in [3.05, 3.63) is 35.9 Å². The molecule has 17 heavy (non-hydrogen) atoms. The average molecular weight is 232 g/mol. The summed E-state index contributed by atoms with van der Waals surface area (Å²) < 4.78 is 0. The summed E-state index contributed by atoms with van der Waals surface area (Å²) in [4.78, 5) is 0. The van der Waals surface area contributed by atoms with E-state index in [4.69, 9.17) is 5.73 Å². The summed E-state index contributed by atoms with van der Waals surface area (Å²) in [5.41, 5.74) is 8.10. The number of nitrogens with two attached hydrogens (primary N) is 1. The molecule has 3 N–H and O–H groups in total. The van der Waals surface area contributed by atoms with Crippen LogP contribution in [0.15, 0.2) is 30.3 Å². The largest absolute Gasteiger partial charge is 0.326 e. The lowest BCUT2D eigenvalue weighted by Crippen LogP contribution is -2.51. The lowest BCUT2D eigenvalue weighted by Gasteiger charge is -2.43. The second-order valence-corrected chi connectivity index (χ2v) is 5.34. The van der Waals surface area contributed by atoms with Crippen molar-refractivity contribution < 1.29 is 0 Å². The first kappa shape index (κ1) is 12.6. The van der Waals surface area contributed by atoms with Crippen molar-refractivity contribution >= 4 is 0 Å². The minimum Gasteiger partial charge on any atom is -0.326 e. The van der Waals surface area contributed by atoms with Gasteiger partial charge in [-0.05, 0) is 30.2 Å². The monoisotopic (exact) mass is 232 g/mol. The molecule has 1 aliphatic heterocycles. The number of hydrogen-bond acceptors (Lipinski definition) is 2. The van der Waals surface area contributed by atoms with Gasteiger partial charge >= 0.3 is 0 Å². The van der Waals surface area contributed by atoms with Gasteiger partial charge in [-0.15, -0.1) is 0 Å². The molecular formula is C15H24N2. The Morgan fingerprint density at radius 3 is 2.41 bits per heavy atom. The van der Waals surface area contributed by atoms with Crippen LogP contribution >= 0.6 is 0 Å². The van der Waals surface area contributed by atoms with E-state index in [0.29, 0.717) is 11.5 Å². The fourth-order valence-corrected chi connectivity index (χ4v) is 2.98. The van der Waals surface area contributed by atoms with E-state index in [9.17, 15) is 0 Å². The lowest BCUT2D eigenvalue weighted by atomic mass is 9.72. The summed E-state index contributed by atoms with van der Waals surface area (Å²) >= 11 is 0. The van der Waals surface area contributed by atoms with E-state index in [0.717, 1.165) is 13.0 Å². The molecule has 2 heteroatoms. The highest BCUT2D eigenvalue weighted by molar-refractivity contribution is 5.21. The Morgan fingerprint density at radius 2 is 1.88 bits per heavy atom. The molecule has 1 aromatic rings. The van der Waals surface area contributed by atoms with Crippen LogP contribution < -0.4 is 11.1 Å². The number of nitrogens with one attached hydrogen (secondary N) is 1. The van der Waals surface area contributed by atoms with Gasteiger partial charge in [-0.1, -0.05) is 44.2 Å². The van der Waals surface area contributed by atoms with Crippen LogP contribution in [0.25, 0.3) is 0 Å². The molecule has 1 fully saturated rings. The second kappa shape index (κ2) is 5.19. The first-order valence-electron chi connectivity index (χ1n) is 6.74. The van der Waals surface area contributed by atoms with Gasteiger partial charge in [-0.3, -0.25) is 0 Å². The average Bonchev–Trinajstić information content (AvgIpc) is 2.39. The number of hydrogen-bond donors (Lipinski definition) is 2. The summed E-state index contributed by atoms with van der Waals surface area (Å²) in [6, 6.07) is 11.1. The van der Waals surface area contributed by atoms with Crippen LogP contribution in [-0.2, 0) is 0 Å². The highest BCUT2D eigenvalue weighted by atomic mass is 15.0. The zero-order chi connectivity index (χ0) is 12.3. The zero-order valence-electron chi connectivity index (χ0n) is 10.9. The van der Waals surface area contributed by atoms with E-state index in [2.05, 4.69) is 49.5 Å². The van der Waals surface area contributed by atoms with Gasteiger partial charge in [-0.2, -0.15) is 0 Å². The minimum atomic E-state index is 0.228. The molecular weight excluding hydrogens is 208 g/mol. The quantitative estimate of drug-likeness (QED) is 0.841. The Balaban J connectivity index is 2.11. The first-order valence-corrected chi connectivity index (χ1v) is 6.74. The minimum absolute atomic E-state index is 0.228. The van der Waals surface area contributed by atoms with Gasteiger partial charge in [0.25, 0.3) is 0 Å². The third-order valence-electron chi connectivity index (χ3n) is 4.45. The van der Waals surface area contributed by atoms with E-state index in [1.165, 1.54) is 18.4 Å². The maximum atomic E-state index is 6.38. The number of benzene rings is 1. The molecule has 2 unspecified atom stereocenters. The summed E-state index contributed by atoms with van der Waals surface area (Å²) in [5, 5.41) is 3.65. The fourth-order valence-electron chi connectivity index (χ4n) is 2.98. The van der Waals surface area contributed by atoms with Gasteiger partial charge in [-0.25, -0.2) is 0 Å². The molecule has 1 aromatic carbocycles. The molecule has 0 aliphatic carbocycles. The van der Waals surface area contributed by atoms with Gasteiger partial charge in [0.2, 0.25) is 0 Å². The molecule has 1 heterocycles. The molecule has 1 aliphatic rings. The second-order valence-electron chi connectivity index (χ2n) is 5.34. The Hall–Kier alpha value is -0.860. The standard InChI is InChI=1S/C15H24N2/c1-3-15(4-2)10-13(16)14(17-11-15)12-8-6-5-7-9-12/h5-9,13-14,17H,3-4,10-11,16H2,1-2H3.